The number of hydrogen-bond donors (Lipinski definition) is 0. The van der Waals surface area contributed by atoms with Crippen LogP contribution >= 0.6 is 0 Å². The molecule has 2 aliphatic rings. The molecule has 0 atom stereocenters. The van der Waals surface area contributed by atoms with Crippen LogP contribution in [0.3, 0.4) is 0 Å². The fourth-order valence-corrected chi connectivity index (χ4v) is 2.59. The average Bonchev–Trinajstić information content (AvgIpc) is 2.29. The van der Waals surface area contributed by atoms with Crippen LogP contribution in [0.1, 0.15) is 39.2 Å². The van der Waals surface area contributed by atoms with Gasteiger partial charge >= 0.3 is 0 Å². The largest absolute Gasteiger partial charge is 0.380 e. The fraction of sp³-hybridized carbons (Fsp3) is 0.625. The first-order chi connectivity index (χ1) is 8.69. The summed E-state index contributed by atoms with van der Waals surface area (Å²) in [6.07, 6.45) is 0. The maximum absolute atomic E-state index is 5.29. The Labute approximate surface area is 111 Å². The minimum Gasteiger partial charge on any atom is -0.380 e. The van der Waals surface area contributed by atoms with Gasteiger partial charge in [0.1, 0.15) is 0 Å². The van der Waals surface area contributed by atoms with Gasteiger partial charge in [0.2, 0.25) is 0 Å². The van der Waals surface area contributed by atoms with Crippen molar-refractivity contribution in [2.75, 3.05) is 31.2 Å². The van der Waals surface area contributed by atoms with E-state index in [2.05, 4.69) is 43.0 Å². The molecule has 0 amide bonds. The van der Waals surface area contributed by atoms with Crippen LogP contribution < -0.4 is 4.90 Å². The average molecular weight is 247 g/mol. The molecule has 3 rings (SSSR count). The predicted octanol–water partition coefficient (Wildman–Crippen LogP) is 3.67. The van der Waals surface area contributed by atoms with E-state index in [0.29, 0.717) is 11.3 Å². The van der Waals surface area contributed by atoms with Crippen LogP contribution in [0.5, 0.6) is 0 Å². The molecule has 1 aromatic rings. The van der Waals surface area contributed by atoms with Gasteiger partial charge in [-0.25, -0.2) is 0 Å². The predicted molar refractivity (Wildman–Crippen MR) is 77.3 cm³/mol. The van der Waals surface area contributed by atoms with Crippen molar-refractivity contribution in [1.82, 2.24) is 0 Å². The van der Waals surface area contributed by atoms with Crippen molar-refractivity contribution in [3.8, 4) is 0 Å². The zero-order chi connectivity index (χ0) is 13.2. The molecule has 0 aliphatic carbocycles. The molecule has 1 aromatic carbocycles. The Balaban J connectivity index is 0.000000574. The lowest BCUT2D eigenvalue weighted by atomic mass is 9.77. The molecule has 2 saturated heterocycles. The molecule has 100 valence electrons. The first kappa shape index (κ1) is 13.4. The van der Waals surface area contributed by atoms with E-state index in [1.165, 1.54) is 24.3 Å². The van der Waals surface area contributed by atoms with Gasteiger partial charge in [0.25, 0.3) is 0 Å². The normalized spacial score (nSPS) is 19.9. The van der Waals surface area contributed by atoms with Crippen LogP contribution in [0.15, 0.2) is 24.3 Å². The van der Waals surface area contributed by atoms with Gasteiger partial charge in [-0.05, 0) is 23.6 Å². The highest BCUT2D eigenvalue weighted by molar-refractivity contribution is 5.51. The maximum atomic E-state index is 5.29. The second-order valence-corrected chi connectivity index (χ2v) is 5.60. The highest BCUT2D eigenvalue weighted by Gasteiger charge is 2.48. The Bertz CT molecular complexity index is 371. The number of rotatable bonds is 2. The highest BCUT2D eigenvalue weighted by atomic mass is 16.5. The Morgan fingerprint density at radius 1 is 1.06 bits per heavy atom. The monoisotopic (exact) mass is 247 g/mol. The number of ether oxygens (including phenoxy) is 1. The van der Waals surface area contributed by atoms with Crippen LogP contribution in [0.25, 0.3) is 0 Å². The third-order valence-corrected chi connectivity index (χ3v) is 3.79. The SMILES string of the molecule is CC.CC(C)c1ccc(N2CC3(COC3)C2)cc1. The van der Waals surface area contributed by atoms with Gasteiger partial charge in [-0.2, -0.15) is 0 Å². The second kappa shape index (κ2) is 5.31. The first-order valence-corrected chi connectivity index (χ1v) is 7.11. The van der Waals surface area contributed by atoms with Crippen LogP contribution in [-0.4, -0.2) is 26.3 Å². The van der Waals surface area contributed by atoms with Crippen molar-refractivity contribution in [1.29, 1.82) is 0 Å². The Morgan fingerprint density at radius 3 is 2.00 bits per heavy atom. The van der Waals surface area contributed by atoms with Crippen molar-refractivity contribution in [3.05, 3.63) is 29.8 Å². The third kappa shape index (κ3) is 2.39. The van der Waals surface area contributed by atoms with Crippen LogP contribution in [0, 0.1) is 5.41 Å². The molecule has 2 aliphatic heterocycles. The molecule has 2 heterocycles. The summed E-state index contributed by atoms with van der Waals surface area (Å²) >= 11 is 0. The quantitative estimate of drug-likeness (QED) is 0.790. The summed E-state index contributed by atoms with van der Waals surface area (Å²) in [4.78, 5) is 2.45. The molecular weight excluding hydrogens is 222 g/mol. The Kier molecular flexibility index (Phi) is 3.96. The van der Waals surface area contributed by atoms with E-state index in [9.17, 15) is 0 Å². The Morgan fingerprint density at radius 2 is 1.61 bits per heavy atom. The number of hydrogen-bond acceptors (Lipinski definition) is 2. The number of anilines is 1. The van der Waals surface area contributed by atoms with Gasteiger partial charge in [-0.1, -0.05) is 39.8 Å². The summed E-state index contributed by atoms with van der Waals surface area (Å²) in [6.45, 7) is 12.8. The smallest absolute Gasteiger partial charge is 0.0579 e. The van der Waals surface area contributed by atoms with Crippen molar-refractivity contribution in [3.63, 3.8) is 0 Å². The zero-order valence-corrected chi connectivity index (χ0v) is 12.1. The van der Waals surface area contributed by atoms with E-state index in [0.717, 1.165) is 13.2 Å². The molecule has 2 nitrogen and oxygen atoms in total. The molecule has 0 radical (unpaired) electrons. The molecule has 2 fully saturated rings. The molecule has 0 N–H and O–H groups in total. The molecule has 2 heteroatoms. The van der Waals surface area contributed by atoms with Gasteiger partial charge in [0, 0.05) is 18.8 Å². The molecule has 0 unspecified atom stereocenters. The summed E-state index contributed by atoms with van der Waals surface area (Å²) in [6, 6.07) is 9.01. The third-order valence-electron chi connectivity index (χ3n) is 3.79. The first-order valence-electron chi connectivity index (χ1n) is 7.11. The van der Waals surface area contributed by atoms with Gasteiger partial charge < -0.3 is 9.64 Å². The lowest BCUT2D eigenvalue weighted by Gasteiger charge is -2.56. The van der Waals surface area contributed by atoms with Crippen LogP contribution in [-0.2, 0) is 4.74 Å². The summed E-state index contributed by atoms with van der Waals surface area (Å²) in [5, 5.41) is 0. The molecular formula is C16H25NO. The van der Waals surface area contributed by atoms with Gasteiger partial charge in [0.05, 0.1) is 18.6 Å². The number of benzene rings is 1. The molecule has 18 heavy (non-hydrogen) atoms. The standard InChI is InChI=1S/C14H19NO.C2H6/c1-11(2)12-3-5-13(6-4-12)15-7-14(8-15)9-16-10-14;1-2/h3-6,11H,7-10H2,1-2H3;1-2H3. The molecule has 0 aromatic heterocycles. The van der Waals surface area contributed by atoms with E-state index >= 15 is 0 Å². The van der Waals surface area contributed by atoms with E-state index in [-0.39, 0.29) is 0 Å². The number of nitrogens with zero attached hydrogens (tertiary/aromatic N) is 1. The lowest BCUT2D eigenvalue weighted by molar-refractivity contribution is -0.127. The zero-order valence-electron chi connectivity index (χ0n) is 12.1. The molecule has 1 spiro atoms. The van der Waals surface area contributed by atoms with E-state index in [4.69, 9.17) is 4.74 Å². The highest BCUT2D eigenvalue weighted by Crippen LogP contribution is 2.40. The summed E-state index contributed by atoms with van der Waals surface area (Å²) in [5.74, 6) is 0.622. The van der Waals surface area contributed by atoms with Crippen molar-refractivity contribution in [2.24, 2.45) is 5.41 Å². The van der Waals surface area contributed by atoms with E-state index < -0.39 is 0 Å². The topological polar surface area (TPSA) is 12.5 Å². The van der Waals surface area contributed by atoms with Crippen LogP contribution in [0.4, 0.5) is 5.69 Å². The van der Waals surface area contributed by atoms with Gasteiger partial charge in [-0.3, -0.25) is 0 Å². The molecule has 0 saturated carbocycles. The minimum atomic E-state index is 0.511. The van der Waals surface area contributed by atoms with E-state index in [1.54, 1.807) is 0 Å². The summed E-state index contributed by atoms with van der Waals surface area (Å²) in [5.41, 5.74) is 3.30. The summed E-state index contributed by atoms with van der Waals surface area (Å²) in [7, 11) is 0. The maximum Gasteiger partial charge on any atom is 0.0579 e. The van der Waals surface area contributed by atoms with Gasteiger partial charge in [-0.15, -0.1) is 0 Å². The fourth-order valence-electron chi connectivity index (χ4n) is 2.59. The lowest BCUT2D eigenvalue weighted by Crippen LogP contribution is -2.66. The Hall–Kier alpha value is -1.02. The van der Waals surface area contributed by atoms with E-state index in [1.807, 2.05) is 13.8 Å². The second-order valence-electron chi connectivity index (χ2n) is 5.60. The molecule has 0 bridgehead atoms. The van der Waals surface area contributed by atoms with Crippen molar-refractivity contribution in [2.45, 2.75) is 33.6 Å². The summed E-state index contributed by atoms with van der Waals surface area (Å²) < 4.78 is 5.29. The van der Waals surface area contributed by atoms with Crippen molar-refractivity contribution >= 4 is 5.69 Å². The minimum absolute atomic E-state index is 0.511. The van der Waals surface area contributed by atoms with Crippen LogP contribution in [0.2, 0.25) is 0 Å². The van der Waals surface area contributed by atoms with Crippen molar-refractivity contribution < 1.29 is 4.74 Å². The van der Waals surface area contributed by atoms with Gasteiger partial charge in [0.15, 0.2) is 0 Å².